The Hall–Kier alpha value is -3.02. The van der Waals surface area contributed by atoms with Crippen LogP contribution < -0.4 is 14.9 Å². The average Bonchev–Trinajstić information content (AvgIpc) is 2.53. The first-order valence-corrected chi connectivity index (χ1v) is 9.00. The molecular weight excluding hydrogens is 360 g/mol. The predicted molar refractivity (Wildman–Crippen MR) is 108 cm³/mol. The predicted octanol–water partition coefficient (Wildman–Crippen LogP) is 5.00. The molecule has 0 spiro atoms. The minimum Gasteiger partial charge on any atom is -0.488 e. The normalized spacial score (nSPS) is 12.4. The van der Waals surface area contributed by atoms with Crippen molar-refractivity contribution in [2.45, 2.75) is 52.7 Å². The Balaban J connectivity index is 2.36. The van der Waals surface area contributed by atoms with E-state index in [1.54, 1.807) is 12.1 Å². The van der Waals surface area contributed by atoms with Crippen LogP contribution in [-0.4, -0.2) is 22.3 Å². The molecule has 0 fully saturated rings. The molecule has 0 radical (unpaired) electrons. The van der Waals surface area contributed by atoms with Crippen molar-refractivity contribution in [2.75, 3.05) is 0 Å². The van der Waals surface area contributed by atoms with E-state index in [4.69, 9.17) is 13.9 Å². The quantitative estimate of drug-likeness (QED) is 0.640. The average molecular weight is 384 g/mol. The third kappa shape index (κ3) is 4.11. The van der Waals surface area contributed by atoms with Crippen molar-refractivity contribution in [3.05, 3.63) is 46.1 Å². The Morgan fingerprint density at radius 2 is 1.57 bits per heavy atom. The number of rotatable bonds is 3. The number of hydrogen-bond acceptors (Lipinski definition) is 5. The van der Waals surface area contributed by atoms with Crippen LogP contribution in [0, 0.1) is 0 Å². The standard InChI is InChI=1S/C22H24O6/c1-21(2,3)27-13-10-15-18(23)14-9-12(20(24)25)7-8-16(14)26-19(15)17(11-13)28-22(4,5)6/h7-11H,1-6H3,(H,24,25). The molecule has 0 unspecified atom stereocenters. The van der Waals surface area contributed by atoms with Gasteiger partial charge in [0.1, 0.15) is 22.5 Å². The van der Waals surface area contributed by atoms with Crippen molar-refractivity contribution in [3.8, 4) is 11.5 Å². The number of hydrogen-bond donors (Lipinski definition) is 1. The van der Waals surface area contributed by atoms with E-state index in [1.165, 1.54) is 18.2 Å². The molecule has 0 aliphatic rings. The van der Waals surface area contributed by atoms with E-state index in [0.29, 0.717) is 22.7 Å². The van der Waals surface area contributed by atoms with Crippen LogP contribution in [0.3, 0.4) is 0 Å². The molecule has 0 amide bonds. The first-order chi connectivity index (χ1) is 12.8. The van der Waals surface area contributed by atoms with E-state index >= 15 is 0 Å². The van der Waals surface area contributed by atoms with Crippen LogP contribution in [0.5, 0.6) is 11.5 Å². The van der Waals surface area contributed by atoms with Crippen molar-refractivity contribution in [1.29, 1.82) is 0 Å². The summed E-state index contributed by atoms with van der Waals surface area (Å²) in [6, 6.07) is 7.53. The van der Waals surface area contributed by atoms with E-state index in [2.05, 4.69) is 0 Å². The van der Waals surface area contributed by atoms with Gasteiger partial charge in [0.15, 0.2) is 11.3 Å². The van der Waals surface area contributed by atoms with Crippen LogP contribution >= 0.6 is 0 Å². The van der Waals surface area contributed by atoms with Gasteiger partial charge in [0.25, 0.3) is 0 Å². The number of carboxylic acids is 1. The molecule has 2 aromatic carbocycles. The molecule has 0 aliphatic carbocycles. The molecule has 6 heteroatoms. The Morgan fingerprint density at radius 3 is 2.14 bits per heavy atom. The number of fused-ring (bicyclic) bond motifs is 2. The number of carboxylic acid groups (broad SMARTS) is 1. The topological polar surface area (TPSA) is 86.0 Å². The number of benzene rings is 2. The molecule has 0 saturated heterocycles. The number of carbonyl (C=O) groups is 1. The van der Waals surface area contributed by atoms with Crippen LogP contribution in [0.2, 0.25) is 0 Å². The first-order valence-electron chi connectivity index (χ1n) is 9.00. The van der Waals surface area contributed by atoms with Crippen LogP contribution in [0.1, 0.15) is 51.9 Å². The number of aromatic carboxylic acids is 1. The van der Waals surface area contributed by atoms with Gasteiger partial charge in [-0.25, -0.2) is 4.79 Å². The van der Waals surface area contributed by atoms with Gasteiger partial charge < -0.3 is 19.0 Å². The summed E-state index contributed by atoms with van der Waals surface area (Å²) in [5, 5.41) is 9.69. The fourth-order valence-corrected chi connectivity index (χ4v) is 2.85. The zero-order valence-corrected chi connectivity index (χ0v) is 16.9. The molecule has 0 aliphatic heterocycles. The summed E-state index contributed by atoms with van der Waals surface area (Å²) < 4.78 is 17.9. The molecule has 1 N–H and O–H groups in total. The second kappa shape index (κ2) is 6.55. The summed E-state index contributed by atoms with van der Waals surface area (Å²) >= 11 is 0. The van der Waals surface area contributed by atoms with E-state index in [9.17, 15) is 14.7 Å². The van der Waals surface area contributed by atoms with Gasteiger partial charge in [-0.15, -0.1) is 0 Å². The lowest BCUT2D eigenvalue weighted by Crippen LogP contribution is -2.25. The zero-order valence-electron chi connectivity index (χ0n) is 16.9. The Kier molecular flexibility index (Phi) is 4.61. The maximum Gasteiger partial charge on any atom is 0.335 e. The molecule has 3 rings (SSSR count). The summed E-state index contributed by atoms with van der Waals surface area (Å²) in [5.74, 6) is -0.242. The molecule has 3 aromatic rings. The van der Waals surface area contributed by atoms with E-state index in [0.717, 1.165) is 0 Å². The van der Waals surface area contributed by atoms with E-state index in [-0.39, 0.29) is 21.8 Å². The van der Waals surface area contributed by atoms with Gasteiger partial charge in [0.2, 0.25) is 5.43 Å². The third-order valence-electron chi connectivity index (χ3n) is 3.80. The third-order valence-corrected chi connectivity index (χ3v) is 3.80. The SMILES string of the molecule is CC(C)(C)Oc1cc(OC(C)(C)C)c2oc3ccc(C(=O)O)cc3c(=O)c2c1. The lowest BCUT2D eigenvalue weighted by atomic mass is 10.1. The molecule has 28 heavy (non-hydrogen) atoms. The molecular formula is C22H24O6. The minimum atomic E-state index is -1.11. The molecule has 1 aromatic heterocycles. The van der Waals surface area contributed by atoms with Crippen molar-refractivity contribution in [1.82, 2.24) is 0 Å². The minimum absolute atomic E-state index is 0.0208. The molecule has 0 bridgehead atoms. The highest BCUT2D eigenvalue weighted by atomic mass is 16.5. The second-order valence-corrected chi connectivity index (χ2v) is 8.67. The molecule has 1 heterocycles. The second-order valence-electron chi connectivity index (χ2n) is 8.67. The Labute approximate surface area is 162 Å². The van der Waals surface area contributed by atoms with Crippen molar-refractivity contribution in [3.63, 3.8) is 0 Å². The van der Waals surface area contributed by atoms with Crippen molar-refractivity contribution >= 4 is 27.9 Å². The van der Waals surface area contributed by atoms with Gasteiger partial charge in [0.05, 0.1) is 16.3 Å². The molecule has 0 atom stereocenters. The summed E-state index contributed by atoms with van der Waals surface area (Å²) in [6.45, 7) is 11.4. The lowest BCUT2D eigenvalue weighted by molar-refractivity contribution is 0.0697. The largest absolute Gasteiger partial charge is 0.488 e. The van der Waals surface area contributed by atoms with Crippen LogP contribution in [0.4, 0.5) is 0 Å². The van der Waals surface area contributed by atoms with Gasteiger partial charge in [-0.1, -0.05) is 0 Å². The molecule has 148 valence electrons. The van der Waals surface area contributed by atoms with Crippen molar-refractivity contribution < 1.29 is 23.8 Å². The van der Waals surface area contributed by atoms with Gasteiger partial charge >= 0.3 is 5.97 Å². The van der Waals surface area contributed by atoms with E-state index in [1.807, 2.05) is 41.5 Å². The fourth-order valence-electron chi connectivity index (χ4n) is 2.85. The summed E-state index contributed by atoms with van der Waals surface area (Å²) in [5.41, 5.74) is -0.707. The van der Waals surface area contributed by atoms with Gasteiger partial charge in [-0.2, -0.15) is 0 Å². The summed E-state index contributed by atoms with van der Waals surface area (Å²) in [7, 11) is 0. The van der Waals surface area contributed by atoms with Crippen LogP contribution in [-0.2, 0) is 0 Å². The molecule has 6 nitrogen and oxygen atoms in total. The highest BCUT2D eigenvalue weighted by molar-refractivity contribution is 5.97. The highest BCUT2D eigenvalue weighted by Gasteiger charge is 2.22. The zero-order chi connectivity index (χ0) is 20.9. The van der Waals surface area contributed by atoms with E-state index < -0.39 is 17.2 Å². The Bertz CT molecular complexity index is 1130. The van der Waals surface area contributed by atoms with Gasteiger partial charge in [-0.3, -0.25) is 4.79 Å². The Morgan fingerprint density at radius 1 is 0.929 bits per heavy atom. The van der Waals surface area contributed by atoms with Gasteiger partial charge in [0, 0.05) is 6.07 Å². The maximum absolute atomic E-state index is 13.1. The summed E-state index contributed by atoms with van der Waals surface area (Å²) in [4.78, 5) is 24.4. The monoisotopic (exact) mass is 384 g/mol. The van der Waals surface area contributed by atoms with Gasteiger partial charge in [-0.05, 0) is 65.8 Å². The molecule has 0 saturated carbocycles. The lowest BCUT2D eigenvalue weighted by Gasteiger charge is -2.25. The van der Waals surface area contributed by atoms with Crippen LogP contribution in [0.15, 0.2) is 39.5 Å². The first kappa shape index (κ1) is 19.7. The smallest absolute Gasteiger partial charge is 0.335 e. The fraction of sp³-hybridized carbons (Fsp3) is 0.364. The highest BCUT2D eigenvalue weighted by Crippen LogP contribution is 2.35. The summed E-state index contributed by atoms with van der Waals surface area (Å²) in [6.07, 6.45) is 0. The maximum atomic E-state index is 13.1. The number of ether oxygens (including phenoxy) is 2. The van der Waals surface area contributed by atoms with Crippen LogP contribution in [0.25, 0.3) is 21.9 Å². The van der Waals surface area contributed by atoms with Crippen molar-refractivity contribution in [2.24, 2.45) is 0 Å².